The van der Waals surface area contributed by atoms with Crippen LogP contribution in [0.15, 0.2) is 36.4 Å². The SMILES string of the molecule is CC(=O)Nc1ccc(CC(=O)Nc2c(Cl)cc(Cl)cc2Cl)cc1. The molecule has 4 nitrogen and oxygen atoms in total. The number of amides is 2. The number of carbonyl (C=O) groups is 2. The molecule has 2 N–H and O–H groups in total. The zero-order valence-electron chi connectivity index (χ0n) is 12.1. The van der Waals surface area contributed by atoms with Crippen LogP contribution in [-0.4, -0.2) is 11.8 Å². The summed E-state index contributed by atoms with van der Waals surface area (Å²) in [5.74, 6) is -0.411. The van der Waals surface area contributed by atoms with Crippen molar-refractivity contribution in [3.63, 3.8) is 0 Å². The lowest BCUT2D eigenvalue weighted by molar-refractivity contribution is -0.116. The van der Waals surface area contributed by atoms with Crippen LogP contribution in [0.2, 0.25) is 15.1 Å². The summed E-state index contributed by atoms with van der Waals surface area (Å²) in [6, 6.07) is 9.99. The fourth-order valence-electron chi connectivity index (χ4n) is 1.94. The number of benzene rings is 2. The molecule has 2 aromatic carbocycles. The van der Waals surface area contributed by atoms with Crippen molar-refractivity contribution >= 4 is 58.0 Å². The Labute approximate surface area is 148 Å². The standard InChI is InChI=1S/C16H13Cl3N2O2/c1-9(22)20-12-4-2-10(3-5-12)6-15(23)21-16-13(18)7-11(17)8-14(16)19/h2-5,7-8H,6H2,1H3,(H,20,22)(H,21,23). The predicted molar refractivity (Wildman–Crippen MR) is 94.6 cm³/mol. The van der Waals surface area contributed by atoms with E-state index in [1.165, 1.54) is 19.1 Å². The predicted octanol–water partition coefficient (Wildman–Crippen LogP) is 4.79. The molecular weight excluding hydrogens is 359 g/mol. The second-order valence-corrected chi connectivity index (χ2v) is 6.10. The third-order valence-electron chi connectivity index (χ3n) is 2.91. The van der Waals surface area contributed by atoms with Crippen LogP contribution in [0.5, 0.6) is 0 Å². The number of halogens is 3. The normalized spacial score (nSPS) is 10.3. The lowest BCUT2D eigenvalue weighted by Gasteiger charge is -2.10. The Bertz CT molecular complexity index is 722. The molecule has 120 valence electrons. The minimum atomic E-state index is -0.261. The summed E-state index contributed by atoms with van der Waals surface area (Å²) < 4.78 is 0. The molecule has 0 heterocycles. The number of carbonyl (C=O) groups excluding carboxylic acids is 2. The molecule has 23 heavy (non-hydrogen) atoms. The van der Waals surface area contributed by atoms with Crippen molar-refractivity contribution in [3.05, 3.63) is 57.0 Å². The van der Waals surface area contributed by atoms with Crippen molar-refractivity contribution in [2.75, 3.05) is 10.6 Å². The van der Waals surface area contributed by atoms with Crippen LogP contribution < -0.4 is 10.6 Å². The first-order valence-electron chi connectivity index (χ1n) is 6.66. The summed E-state index contributed by atoms with van der Waals surface area (Å²) >= 11 is 17.9. The highest BCUT2D eigenvalue weighted by molar-refractivity contribution is 6.42. The fraction of sp³-hybridized carbons (Fsp3) is 0.125. The largest absolute Gasteiger partial charge is 0.326 e. The van der Waals surface area contributed by atoms with E-state index in [1.807, 2.05) is 0 Å². The van der Waals surface area contributed by atoms with E-state index in [1.54, 1.807) is 24.3 Å². The molecule has 0 unspecified atom stereocenters. The van der Waals surface area contributed by atoms with Gasteiger partial charge in [-0.1, -0.05) is 46.9 Å². The van der Waals surface area contributed by atoms with Crippen LogP contribution in [0.25, 0.3) is 0 Å². The van der Waals surface area contributed by atoms with Crippen LogP contribution in [0, 0.1) is 0 Å². The molecule has 0 saturated carbocycles. The zero-order valence-corrected chi connectivity index (χ0v) is 14.4. The van der Waals surface area contributed by atoms with Gasteiger partial charge in [-0.3, -0.25) is 9.59 Å². The summed E-state index contributed by atoms with van der Waals surface area (Å²) in [5.41, 5.74) is 1.79. The van der Waals surface area contributed by atoms with E-state index < -0.39 is 0 Å². The molecule has 0 aliphatic rings. The topological polar surface area (TPSA) is 58.2 Å². The number of rotatable bonds is 4. The third-order valence-corrected chi connectivity index (χ3v) is 3.72. The van der Waals surface area contributed by atoms with Gasteiger partial charge in [-0.05, 0) is 29.8 Å². The smallest absolute Gasteiger partial charge is 0.228 e. The van der Waals surface area contributed by atoms with Crippen molar-refractivity contribution in [2.45, 2.75) is 13.3 Å². The summed E-state index contributed by atoms with van der Waals surface area (Å²) in [6.07, 6.45) is 0.148. The Balaban J connectivity index is 2.04. The summed E-state index contributed by atoms with van der Waals surface area (Å²) in [4.78, 5) is 23.1. The molecular formula is C16H13Cl3N2O2. The highest BCUT2D eigenvalue weighted by Gasteiger charge is 2.12. The van der Waals surface area contributed by atoms with Gasteiger partial charge in [0, 0.05) is 17.6 Å². The molecule has 0 radical (unpaired) electrons. The summed E-state index contributed by atoms with van der Waals surface area (Å²) in [6.45, 7) is 1.43. The van der Waals surface area contributed by atoms with Crippen LogP contribution in [0.4, 0.5) is 11.4 Å². The molecule has 0 aliphatic carbocycles. The van der Waals surface area contributed by atoms with Gasteiger partial charge in [0.1, 0.15) is 0 Å². The monoisotopic (exact) mass is 370 g/mol. The van der Waals surface area contributed by atoms with E-state index in [0.29, 0.717) is 16.4 Å². The van der Waals surface area contributed by atoms with Gasteiger partial charge in [0.05, 0.1) is 22.2 Å². The first-order chi connectivity index (χ1) is 10.8. The van der Waals surface area contributed by atoms with E-state index in [9.17, 15) is 9.59 Å². The molecule has 2 amide bonds. The van der Waals surface area contributed by atoms with Gasteiger partial charge >= 0.3 is 0 Å². The first-order valence-corrected chi connectivity index (χ1v) is 7.79. The molecule has 7 heteroatoms. The Morgan fingerprint density at radius 2 is 1.52 bits per heavy atom. The van der Waals surface area contributed by atoms with Crippen LogP contribution in [0.3, 0.4) is 0 Å². The third kappa shape index (κ3) is 5.13. The van der Waals surface area contributed by atoms with Gasteiger partial charge in [0.2, 0.25) is 11.8 Å². The quantitative estimate of drug-likeness (QED) is 0.812. The van der Waals surface area contributed by atoms with Crippen molar-refractivity contribution in [1.82, 2.24) is 0 Å². The van der Waals surface area contributed by atoms with Crippen LogP contribution >= 0.6 is 34.8 Å². The zero-order chi connectivity index (χ0) is 17.0. The Kier molecular flexibility index (Phi) is 5.88. The van der Waals surface area contributed by atoms with E-state index >= 15 is 0 Å². The van der Waals surface area contributed by atoms with E-state index in [0.717, 1.165) is 5.56 Å². The number of nitrogens with one attached hydrogen (secondary N) is 2. The second-order valence-electron chi connectivity index (χ2n) is 4.85. The summed E-state index contributed by atoms with van der Waals surface area (Å²) in [7, 11) is 0. The van der Waals surface area contributed by atoms with Gasteiger partial charge in [0.15, 0.2) is 0 Å². The highest BCUT2D eigenvalue weighted by Crippen LogP contribution is 2.33. The number of hydrogen-bond donors (Lipinski definition) is 2. The molecule has 0 aliphatic heterocycles. The molecule has 0 bridgehead atoms. The maximum Gasteiger partial charge on any atom is 0.228 e. The van der Waals surface area contributed by atoms with E-state index in [-0.39, 0.29) is 28.3 Å². The number of anilines is 2. The molecule has 0 aromatic heterocycles. The van der Waals surface area contributed by atoms with Crippen LogP contribution in [-0.2, 0) is 16.0 Å². The average Bonchev–Trinajstić information content (AvgIpc) is 2.44. The van der Waals surface area contributed by atoms with Crippen molar-refractivity contribution in [1.29, 1.82) is 0 Å². The second kappa shape index (κ2) is 7.68. The lowest BCUT2D eigenvalue weighted by Crippen LogP contribution is -2.15. The van der Waals surface area contributed by atoms with Crippen molar-refractivity contribution in [2.24, 2.45) is 0 Å². The Hall–Kier alpha value is -1.75. The molecule has 0 saturated heterocycles. The van der Waals surface area contributed by atoms with Gasteiger partial charge in [0.25, 0.3) is 0 Å². The molecule has 0 atom stereocenters. The van der Waals surface area contributed by atoms with Gasteiger partial charge in [-0.2, -0.15) is 0 Å². The van der Waals surface area contributed by atoms with E-state index in [2.05, 4.69) is 10.6 Å². The number of hydrogen-bond acceptors (Lipinski definition) is 2. The molecule has 0 spiro atoms. The lowest BCUT2D eigenvalue weighted by atomic mass is 10.1. The van der Waals surface area contributed by atoms with Crippen molar-refractivity contribution < 1.29 is 9.59 Å². The fourth-order valence-corrected chi connectivity index (χ4v) is 2.85. The Morgan fingerprint density at radius 3 is 2.04 bits per heavy atom. The maximum absolute atomic E-state index is 12.1. The average molecular weight is 372 g/mol. The van der Waals surface area contributed by atoms with Gasteiger partial charge < -0.3 is 10.6 Å². The van der Waals surface area contributed by atoms with E-state index in [4.69, 9.17) is 34.8 Å². The first kappa shape index (κ1) is 17.6. The minimum absolute atomic E-state index is 0.148. The van der Waals surface area contributed by atoms with Crippen molar-refractivity contribution in [3.8, 4) is 0 Å². The highest BCUT2D eigenvalue weighted by atomic mass is 35.5. The maximum atomic E-state index is 12.1. The van der Waals surface area contributed by atoms with Gasteiger partial charge in [-0.25, -0.2) is 0 Å². The Morgan fingerprint density at radius 1 is 0.957 bits per heavy atom. The molecule has 2 rings (SSSR count). The summed E-state index contributed by atoms with van der Waals surface area (Å²) in [5, 5.41) is 6.27. The minimum Gasteiger partial charge on any atom is -0.326 e. The van der Waals surface area contributed by atoms with Gasteiger partial charge in [-0.15, -0.1) is 0 Å². The van der Waals surface area contributed by atoms with Crippen LogP contribution in [0.1, 0.15) is 12.5 Å². The molecule has 2 aromatic rings. The molecule has 0 fully saturated rings.